The fourth-order valence-corrected chi connectivity index (χ4v) is 0.424. The topological polar surface area (TPSA) is 105 Å². The van der Waals surface area contributed by atoms with Crippen molar-refractivity contribution in [3.63, 3.8) is 0 Å². The molecule has 0 amide bonds. The predicted molar refractivity (Wildman–Crippen MR) is 33.3 cm³/mol. The number of halogens is 2. The molecule has 68 valence electrons. The van der Waals surface area contributed by atoms with Crippen molar-refractivity contribution in [1.82, 2.24) is 5.32 Å². The molecule has 5 nitrogen and oxygen atoms in total. The van der Waals surface area contributed by atoms with Crippen LogP contribution in [0, 0.1) is 0 Å². The molecule has 0 spiro atoms. The minimum atomic E-state index is -2.86. The minimum Gasteiger partial charge on any atom is -0.377 e. The highest BCUT2D eigenvalue weighted by Gasteiger charge is 2.24. The Labute approximate surface area is 62.0 Å². The van der Waals surface area contributed by atoms with Gasteiger partial charge >= 0.3 is 0 Å². The molecular weight excluding hydrogens is 160 g/mol. The van der Waals surface area contributed by atoms with Gasteiger partial charge in [-0.05, 0) is 0 Å². The molecule has 0 heterocycles. The molecule has 0 aliphatic carbocycles. The Morgan fingerprint density at radius 2 is 1.64 bits per heavy atom. The van der Waals surface area contributed by atoms with E-state index in [1.807, 2.05) is 5.32 Å². The Balaban J connectivity index is 3.73. The second-order valence-corrected chi connectivity index (χ2v) is 1.97. The Kier molecular flexibility index (Phi) is 4.38. The van der Waals surface area contributed by atoms with E-state index in [1.54, 1.807) is 0 Å². The highest BCUT2D eigenvalue weighted by molar-refractivity contribution is 4.71. The van der Waals surface area contributed by atoms with Crippen molar-refractivity contribution in [3.05, 3.63) is 0 Å². The number of hydrogen-bond donors (Lipinski definition) is 5. The first-order valence-corrected chi connectivity index (χ1v) is 2.86. The summed E-state index contributed by atoms with van der Waals surface area (Å²) in [6.45, 7) is 0. The predicted octanol–water partition coefficient (Wildman–Crippen LogP) is -2.28. The van der Waals surface area contributed by atoms with Crippen molar-refractivity contribution in [2.75, 3.05) is 0 Å². The molecular formula is C4H11F2N3O2. The molecule has 0 aromatic rings. The quantitative estimate of drug-likeness (QED) is 0.306. The van der Waals surface area contributed by atoms with E-state index in [1.165, 1.54) is 0 Å². The minimum absolute atomic E-state index is 1.56. The van der Waals surface area contributed by atoms with Crippen LogP contribution in [0.4, 0.5) is 8.78 Å². The average molecular weight is 171 g/mol. The van der Waals surface area contributed by atoms with Crippen molar-refractivity contribution >= 4 is 0 Å². The van der Waals surface area contributed by atoms with Crippen LogP contribution in [0.5, 0.6) is 0 Å². The number of alkyl halides is 2. The summed E-state index contributed by atoms with van der Waals surface area (Å²) in [6, 6.07) is -1.76. The highest BCUT2D eigenvalue weighted by atomic mass is 19.3. The van der Waals surface area contributed by atoms with E-state index in [9.17, 15) is 8.78 Å². The third kappa shape index (κ3) is 4.17. The zero-order chi connectivity index (χ0) is 9.02. The van der Waals surface area contributed by atoms with Gasteiger partial charge in [0.25, 0.3) is 6.43 Å². The maximum Gasteiger partial charge on any atom is 0.257 e. The van der Waals surface area contributed by atoms with Crippen LogP contribution in [-0.4, -0.2) is 35.3 Å². The molecule has 2 unspecified atom stereocenters. The molecule has 7 heteroatoms. The molecule has 0 radical (unpaired) electrons. The number of nitrogens with two attached hydrogens (primary N) is 2. The fraction of sp³-hybridized carbons (Fsp3) is 1.00. The molecule has 0 aromatic carbocycles. The van der Waals surface area contributed by atoms with Crippen LogP contribution >= 0.6 is 0 Å². The van der Waals surface area contributed by atoms with Crippen molar-refractivity contribution in [2.45, 2.75) is 25.0 Å². The van der Waals surface area contributed by atoms with Gasteiger partial charge in [0.05, 0.1) is 0 Å². The molecule has 0 aliphatic rings. The van der Waals surface area contributed by atoms with Gasteiger partial charge in [-0.2, -0.15) is 0 Å². The maximum absolute atomic E-state index is 11.7. The lowest BCUT2D eigenvalue weighted by Gasteiger charge is -2.20. The molecule has 7 N–H and O–H groups in total. The van der Waals surface area contributed by atoms with E-state index >= 15 is 0 Å². The number of nitrogens with one attached hydrogen (secondary N) is 1. The summed E-state index contributed by atoms with van der Waals surface area (Å²) in [6.07, 6.45) is -6.14. The third-order valence-electron chi connectivity index (χ3n) is 0.997. The van der Waals surface area contributed by atoms with Gasteiger partial charge in [-0.15, -0.1) is 0 Å². The summed E-state index contributed by atoms with van der Waals surface area (Å²) in [4.78, 5) is 0. The lowest BCUT2D eigenvalue weighted by atomic mass is 10.3. The van der Waals surface area contributed by atoms with Crippen molar-refractivity contribution in [1.29, 1.82) is 0 Å². The molecule has 0 saturated carbocycles. The van der Waals surface area contributed by atoms with E-state index in [-0.39, 0.29) is 0 Å². The van der Waals surface area contributed by atoms with Crippen LogP contribution in [-0.2, 0) is 0 Å². The van der Waals surface area contributed by atoms with Gasteiger partial charge < -0.3 is 15.9 Å². The summed E-state index contributed by atoms with van der Waals surface area (Å²) in [5.74, 6) is 0. The monoisotopic (exact) mass is 171 g/mol. The van der Waals surface area contributed by atoms with E-state index in [2.05, 4.69) is 0 Å². The number of hydrogen-bond acceptors (Lipinski definition) is 5. The molecule has 0 aliphatic heterocycles. The number of rotatable bonds is 4. The van der Waals surface area contributed by atoms with Gasteiger partial charge in [-0.1, -0.05) is 0 Å². The van der Waals surface area contributed by atoms with E-state index < -0.39 is 25.0 Å². The zero-order valence-corrected chi connectivity index (χ0v) is 5.61. The Morgan fingerprint density at radius 3 is 1.91 bits per heavy atom. The molecule has 0 aromatic heterocycles. The van der Waals surface area contributed by atoms with Gasteiger partial charge in [0.2, 0.25) is 0 Å². The highest BCUT2D eigenvalue weighted by Crippen LogP contribution is 2.00. The average Bonchev–Trinajstić information content (AvgIpc) is 1.84. The van der Waals surface area contributed by atoms with E-state index in [0.717, 1.165) is 0 Å². The van der Waals surface area contributed by atoms with Crippen LogP contribution < -0.4 is 16.8 Å². The Hall–Kier alpha value is -0.340. The normalized spacial score (nSPS) is 19.9. The second-order valence-electron chi connectivity index (χ2n) is 1.97. The summed E-state index contributed by atoms with van der Waals surface area (Å²) in [5.41, 5.74) is 9.49. The summed E-state index contributed by atoms with van der Waals surface area (Å²) in [5, 5.41) is 18.9. The van der Waals surface area contributed by atoms with E-state index in [0.29, 0.717) is 0 Å². The molecule has 0 rings (SSSR count). The van der Waals surface area contributed by atoms with Gasteiger partial charge in [0.15, 0.2) is 6.35 Å². The smallest absolute Gasteiger partial charge is 0.257 e. The zero-order valence-electron chi connectivity index (χ0n) is 5.61. The first-order valence-electron chi connectivity index (χ1n) is 2.86. The van der Waals surface area contributed by atoms with Crippen LogP contribution in [0.25, 0.3) is 0 Å². The summed E-state index contributed by atoms with van der Waals surface area (Å²) in [7, 11) is 0. The van der Waals surface area contributed by atoms with Gasteiger partial charge in [-0.3, -0.25) is 11.1 Å². The lowest BCUT2D eigenvalue weighted by Crippen LogP contribution is -2.54. The summed E-state index contributed by atoms with van der Waals surface area (Å²) < 4.78 is 23.4. The maximum atomic E-state index is 11.7. The van der Waals surface area contributed by atoms with Gasteiger partial charge in [-0.25, -0.2) is 8.78 Å². The van der Waals surface area contributed by atoms with Crippen LogP contribution in [0.15, 0.2) is 0 Å². The SMILES string of the molecule is NC(O)N[C@H](O)C(N)C(F)F. The summed E-state index contributed by atoms with van der Waals surface area (Å²) >= 11 is 0. The third-order valence-corrected chi connectivity index (χ3v) is 0.997. The molecule has 0 fully saturated rings. The van der Waals surface area contributed by atoms with Gasteiger partial charge in [0.1, 0.15) is 12.3 Å². The first-order chi connectivity index (χ1) is 4.95. The fourth-order valence-electron chi connectivity index (χ4n) is 0.424. The Bertz CT molecular complexity index is 114. The number of aliphatic hydroxyl groups is 2. The number of aliphatic hydroxyl groups excluding tert-OH is 2. The van der Waals surface area contributed by atoms with E-state index in [4.69, 9.17) is 21.7 Å². The van der Waals surface area contributed by atoms with Crippen molar-refractivity contribution in [3.8, 4) is 0 Å². The van der Waals surface area contributed by atoms with Gasteiger partial charge in [0, 0.05) is 0 Å². The molecule has 0 bridgehead atoms. The van der Waals surface area contributed by atoms with Crippen LogP contribution in [0.2, 0.25) is 0 Å². The van der Waals surface area contributed by atoms with Crippen molar-refractivity contribution in [2.24, 2.45) is 11.5 Å². The van der Waals surface area contributed by atoms with Crippen molar-refractivity contribution < 1.29 is 19.0 Å². The first kappa shape index (κ1) is 10.7. The lowest BCUT2D eigenvalue weighted by molar-refractivity contribution is -0.0144. The second kappa shape index (κ2) is 4.52. The molecule has 11 heavy (non-hydrogen) atoms. The molecule has 3 atom stereocenters. The standard InChI is InChI=1S/C4H11F2N3O2/c5-2(6)1(7)3(10)9-4(8)11/h1-4,9-11H,7-8H2/t1?,3-,4?/m1/s1. The van der Waals surface area contributed by atoms with Crippen LogP contribution in [0.1, 0.15) is 0 Å². The largest absolute Gasteiger partial charge is 0.377 e. The molecule has 0 saturated heterocycles. The van der Waals surface area contributed by atoms with Crippen LogP contribution in [0.3, 0.4) is 0 Å². The Morgan fingerprint density at radius 1 is 1.18 bits per heavy atom.